The Hall–Kier alpha value is -0.570. The molecular formula is C10H20N2O. The zero-order chi connectivity index (χ0) is 10.0. The number of rotatable bonds is 1. The van der Waals surface area contributed by atoms with Gasteiger partial charge in [-0.05, 0) is 33.4 Å². The van der Waals surface area contributed by atoms with Crippen LogP contribution in [0.4, 0.5) is 0 Å². The van der Waals surface area contributed by atoms with Crippen molar-refractivity contribution in [1.82, 2.24) is 9.80 Å². The molecule has 1 saturated heterocycles. The molecule has 0 saturated carbocycles. The van der Waals surface area contributed by atoms with Crippen LogP contribution in [0.1, 0.15) is 26.7 Å². The highest BCUT2D eigenvalue weighted by Gasteiger charge is 2.29. The molecule has 0 aromatic heterocycles. The molecule has 2 atom stereocenters. The van der Waals surface area contributed by atoms with Crippen LogP contribution in [0, 0.1) is 0 Å². The molecule has 13 heavy (non-hydrogen) atoms. The predicted octanol–water partition coefficient (Wildman–Crippen LogP) is 0.947. The highest BCUT2D eigenvalue weighted by atomic mass is 16.2. The summed E-state index contributed by atoms with van der Waals surface area (Å²) in [6.07, 6.45) is 2.34. The molecule has 1 rings (SSSR count). The first kappa shape index (κ1) is 10.5. The van der Waals surface area contributed by atoms with E-state index >= 15 is 0 Å². The topological polar surface area (TPSA) is 23.6 Å². The molecule has 0 radical (unpaired) electrons. The van der Waals surface area contributed by atoms with Gasteiger partial charge in [-0.1, -0.05) is 0 Å². The van der Waals surface area contributed by atoms with Crippen LogP contribution < -0.4 is 0 Å². The van der Waals surface area contributed by atoms with Crippen molar-refractivity contribution in [1.29, 1.82) is 0 Å². The molecule has 0 aliphatic carbocycles. The van der Waals surface area contributed by atoms with E-state index in [-0.39, 0.29) is 5.91 Å². The standard InChI is InChI=1S/C10H20N2O/c1-8-10(12(4)9(2)13)6-5-7-11(8)3/h8,10H,5-7H2,1-4H3. The van der Waals surface area contributed by atoms with E-state index in [9.17, 15) is 4.79 Å². The van der Waals surface area contributed by atoms with E-state index in [1.165, 1.54) is 6.42 Å². The summed E-state index contributed by atoms with van der Waals surface area (Å²) in [6, 6.07) is 0.888. The predicted molar refractivity (Wildman–Crippen MR) is 53.6 cm³/mol. The molecule has 3 heteroatoms. The number of piperidine rings is 1. The normalized spacial score (nSPS) is 30.2. The molecule has 0 N–H and O–H groups in total. The van der Waals surface area contributed by atoms with Gasteiger partial charge in [-0.3, -0.25) is 4.79 Å². The molecule has 76 valence electrons. The Morgan fingerprint density at radius 3 is 2.69 bits per heavy atom. The van der Waals surface area contributed by atoms with E-state index < -0.39 is 0 Å². The third-order valence-corrected chi connectivity index (χ3v) is 3.26. The third kappa shape index (κ3) is 2.21. The Labute approximate surface area is 80.7 Å². The molecule has 0 spiro atoms. The van der Waals surface area contributed by atoms with Crippen LogP contribution in [-0.2, 0) is 4.79 Å². The van der Waals surface area contributed by atoms with E-state index in [0.29, 0.717) is 12.1 Å². The second-order valence-electron chi connectivity index (χ2n) is 4.06. The number of carbonyl (C=O) groups excluding carboxylic acids is 1. The Morgan fingerprint density at radius 1 is 1.54 bits per heavy atom. The van der Waals surface area contributed by atoms with Crippen molar-refractivity contribution < 1.29 is 4.79 Å². The Bertz CT molecular complexity index is 193. The molecule has 0 aromatic rings. The monoisotopic (exact) mass is 184 g/mol. The van der Waals surface area contributed by atoms with Crippen molar-refractivity contribution in [2.75, 3.05) is 20.6 Å². The molecule has 1 amide bonds. The van der Waals surface area contributed by atoms with Crippen molar-refractivity contribution in [2.45, 2.75) is 38.8 Å². The van der Waals surface area contributed by atoms with Crippen molar-refractivity contribution in [3.63, 3.8) is 0 Å². The lowest BCUT2D eigenvalue weighted by Gasteiger charge is -2.41. The highest BCUT2D eigenvalue weighted by Crippen LogP contribution is 2.19. The fraction of sp³-hybridized carbons (Fsp3) is 0.900. The quantitative estimate of drug-likeness (QED) is 0.605. The number of likely N-dealkylation sites (N-methyl/N-ethyl adjacent to an activating group) is 2. The second-order valence-corrected chi connectivity index (χ2v) is 4.06. The van der Waals surface area contributed by atoms with Crippen molar-refractivity contribution in [3.05, 3.63) is 0 Å². The Balaban J connectivity index is 2.62. The minimum Gasteiger partial charge on any atom is -0.341 e. The molecule has 1 heterocycles. The van der Waals surface area contributed by atoms with Gasteiger partial charge in [0.25, 0.3) is 0 Å². The zero-order valence-electron chi connectivity index (χ0n) is 9.08. The van der Waals surface area contributed by atoms with Gasteiger partial charge in [0.15, 0.2) is 0 Å². The molecule has 1 aliphatic rings. The highest BCUT2D eigenvalue weighted by molar-refractivity contribution is 5.73. The summed E-state index contributed by atoms with van der Waals surface area (Å²) in [5.74, 6) is 0.173. The lowest BCUT2D eigenvalue weighted by atomic mass is 9.97. The molecule has 3 nitrogen and oxygen atoms in total. The van der Waals surface area contributed by atoms with E-state index in [1.54, 1.807) is 6.92 Å². The van der Waals surface area contributed by atoms with E-state index in [0.717, 1.165) is 13.0 Å². The summed E-state index contributed by atoms with van der Waals surface area (Å²) in [6.45, 7) is 4.99. The van der Waals surface area contributed by atoms with E-state index in [2.05, 4.69) is 18.9 Å². The fourth-order valence-corrected chi connectivity index (χ4v) is 2.04. The zero-order valence-corrected chi connectivity index (χ0v) is 9.08. The maximum Gasteiger partial charge on any atom is 0.219 e. The summed E-state index contributed by atoms with van der Waals surface area (Å²) in [5, 5.41) is 0. The van der Waals surface area contributed by atoms with Gasteiger partial charge in [0.2, 0.25) is 5.91 Å². The summed E-state index contributed by atoms with van der Waals surface area (Å²) >= 11 is 0. The lowest BCUT2D eigenvalue weighted by Crippen LogP contribution is -2.52. The summed E-state index contributed by atoms with van der Waals surface area (Å²) in [4.78, 5) is 15.4. The minimum atomic E-state index is 0.173. The van der Waals surface area contributed by atoms with Crippen molar-refractivity contribution >= 4 is 5.91 Å². The molecule has 0 aromatic carbocycles. The van der Waals surface area contributed by atoms with Crippen LogP contribution in [0.25, 0.3) is 0 Å². The van der Waals surface area contributed by atoms with Gasteiger partial charge >= 0.3 is 0 Å². The van der Waals surface area contributed by atoms with Crippen LogP contribution in [0.15, 0.2) is 0 Å². The lowest BCUT2D eigenvalue weighted by molar-refractivity contribution is -0.131. The average molecular weight is 184 g/mol. The summed E-state index contributed by atoms with van der Waals surface area (Å²) in [7, 11) is 4.04. The van der Waals surface area contributed by atoms with Gasteiger partial charge in [0, 0.05) is 26.1 Å². The first-order chi connectivity index (χ1) is 6.04. The fourth-order valence-electron chi connectivity index (χ4n) is 2.04. The number of likely N-dealkylation sites (tertiary alicyclic amines) is 1. The van der Waals surface area contributed by atoms with Gasteiger partial charge < -0.3 is 9.80 Å². The summed E-state index contributed by atoms with van der Waals surface area (Å²) in [5.41, 5.74) is 0. The van der Waals surface area contributed by atoms with Gasteiger partial charge in [-0.2, -0.15) is 0 Å². The number of hydrogen-bond acceptors (Lipinski definition) is 2. The molecule has 2 unspecified atom stereocenters. The van der Waals surface area contributed by atoms with Crippen LogP contribution in [0.5, 0.6) is 0 Å². The minimum absolute atomic E-state index is 0.173. The summed E-state index contributed by atoms with van der Waals surface area (Å²) < 4.78 is 0. The largest absolute Gasteiger partial charge is 0.341 e. The molecule has 1 aliphatic heterocycles. The van der Waals surface area contributed by atoms with Gasteiger partial charge in [0.05, 0.1) is 0 Å². The first-order valence-electron chi connectivity index (χ1n) is 4.97. The maximum atomic E-state index is 11.2. The second kappa shape index (κ2) is 4.09. The van der Waals surface area contributed by atoms with Crippen LogP contribution in [0.3, 0.4) is 0 Å². The molecule has 0 bridgehead atoms. The maximum absolute atomic E-state index is 11.2. The van der Waals surface area contributed by atoms with Crippen LogP contribution in [0.2, 0.25) is 0 Å². The number of hydrogen-bond donors (Lipinski definition) is 0. The van der Waals surface area contributed by atoms with Crippen LogP contribution in [-0.4, -0.2) is 48.4 Å². The number of amides is 1. The molecular weight excluding hydrogens is 164 g/mol. The molecule has 1 fully saturated rings. The van der Waals surface area contributed by atoms with Crippen molar-refractivity contribution in [2.24, 2.45) is 0 Å². The van der Waals surface area contributed by atoms with Gasteiger partial charge in [0.1, 0.15) is 0 Å². The first-order valence-corrected chi connectivity index (χ1v) is 4.97. The Morgan fingerprint density at radius 2 is 2.15 bits per heavy atom. The Kier molecular flexibility index (Phi) is 3.31. The van der Waals surface area contributed by atoms with Crippen molar-refractivity contribution in [3.8, 4) is 0 Å². The van der Waals surface area contributed by atoms with Gasteiger partial charge in [-0.15, -0.1) is 0 Å². The van der Waals surface area contributed by atoms with Crippen LogP contribution >= 0.6 is 0 Å². The third-order valence-electron chi connectivity index (χ3n) is 3.26. The van der Waals surface area contributed by atoms with E-state index in [4.69, 9.17) is 0 Å². The SMILES string of the molecule is CC(=O)N(C)C1CCCN(C)C1C. The number of nitrogens with zero attached hydrogens (tertiary/aromatic N) is 2. The number of carbonyl (C=O) groups is 1. The van der Waals surface area contributed by atoms with E-state index in [1.807, 2.05) is 11.9 Å². The average Bonchev–Trinajstić information content (AvgIpc) is 2.08. The smallest absolute Gasteiger partial charge is 0.219 e. The van der Waals surface area contributed by atoms with Gasteiger partial charge in [-0.25, -0.2) is 0 Å².